The van der Waals surface area contributed by atoms with Gasteiger partial charge < -0.3 is 15.7 Å². The summed E-state index contributed by atoms with van der Waals surface area (Å²) in [5.74, 6) is 1.67. The van der Waals surface area contributed by atoms with E-state index >= 15 is 0 Å². The number of carboxylic acids is 1. The molecular formula is C21H29N3O2. The van der Waals surface area contributed by atoms with Gasteiger partial charge in [-0.1, -0.05) is 18.1 Å². The van der Waals surface area contributed by atoms with Gasteiger partial charge in [0.2, 0.25) is 0 Å². The lowest BCUT2D eigenvalue weighted by Crippen LogP contribution is -2.60. The molecular weight excluding hydrogens is 326 g/mol. The monoisotopic (exact) mass is 355 g/mol. The van der Waals surface area contributed by atoms with Crippen LogP contribution in [-0.4, -0.2) is 35.5 Å². The Kier molecular flexibility index (Phi) is 3.38. The van der Waals surface area contributed by atoms with Crippen LogP contribution in [0.2, 0.25) is 0 Å². The second-order valence-corrected chi connectivity index (χ2v) is 9.09. The van der Waals surface area contributed by atoms with Gasteiger partial charge in [0.1, 0.15) is 0 Å². The van der Waals surface area contributed by atoms with Gasteiger partial charge in [0.15, 0.2) is 5.96 Å². The standard InChI is InChI=1S/C21H29N3O2/c1-23-19(22)24-9-3-8-20(12-24)14-7-6-13-4-2-5-15-10-16(18(25)26)17(11-14)21(13,15)20/h3,9,13-15H,2,4-8,10-12H2,1H3,(H2,22,23)(H,25,26). The van der Waals surface area contributed by atoms with E-state index in [0.717, 1.165) is 31.4 Å². The molecule has 0 aromatic rings. The molecule has 1 aliphatic heterocycles. The second kappa shape index (κ2) is 5.37. The fourth-order valence-electron chi connectivity index (χ4n) is 8.02. The van der Waals surface area contributed by atoms with Crippen molar-refractivity contribution in [1.82, 2.24) is 4.90 Å². The van der Waals surface area contributed by atoms with E-state index < -0.39 is 5.97 Å². The number of aliphatic carboxylic acids is 1. The van der Waals surface area contributed by atoms with Crippen LogP contribution in [0.4, 0.5) is 0 Å². The van der Waals surface area contributed by atoms with Gasteiger partial charge in [-0.25, -0.2) is 4.79 Å². The summed E-state index contributed by atoms with van der Waals surface area (Å²) in [4.78, 5) is 18.4. The fourth-order valence-corrected chi connectivity index (χ4v) is 8.02. The molecule has 5 heteroatoms. The highest BCUT2D eigenvalue weighted by molar-refractivity contribution is 5.89. The van der Waals surface area contributed by atoms with Crippen LogP contribution in [0, 0.1) is 28.6 Å². The molecule has 4 aliphatic carbocycles. The van der Waals surface area contributed by atoms with Gasteiger partial charge in [0, 0.05) is 36.2 Å². The number of guanidine groups is 1. The van der Waals surface area contributed by atoms with Crippen molar-refractivity contribution >= 4 is 11.9 Å². The lowest BCUT2D eigenvalue weighted by atomic mass is 9.43. The average molecular weight is 355 g/mol. The first-order valence-corrected chi connectivity index (χ1v) is 10.2. The van der Waals surface area contributed by atoms with E-state index in [4.69, 9.17) is 5.73 Å². The third-order valence-electron chi connectivity index (χ3n) is 8.63. The molecule has 140 valence electrons. The summed E-state index contributed by atoms with van der Waals surface area (Å²) in [6, 6.07) is 0. The predicted molar refractivity (Wildman–Crippen MR) is 100 cm³/mol. The zero-order valence-corrected chi connectivity index (χ0v) is 15.6. The van der Waals surface area contributed by atoms with Crippen molar-refractivity contribution in [3.63, 3.8) is 0 Å². The maximum absolute atomic E-state index is 12.1. The van der Waals surface area contributed by atoms with E-state index in [1.807, 2.05) is 0 Å². The van der Waals surface area contributed by atoms with Crippen LogP contribution in [0.15, 0.2) is 28.4 Å². The molecule has 0 aromatic heterocycles. The number of aliphatic imine (C=N–C) groups is 1. The first-order chi connectivity index (χ1) is 12.5. The van der Waals surface area contributed by atoms with E-state index in [-0.39, 0.29) is 10.8 Å². The molecule has 3 N–H and O–H groups in total. The highest BCUT2D eigenvalue weighted by Crippen LogP contribution is 2.78. The number of nitrogens with zero attached hydrogens (tertiary/aromatic N) is 2. The first kappa shape index (κ1) is 16.4. The maximum Gasteiger partial charge on any atom is 0.331 e. The predicted octanol–water partition coefficient (Wildman–Crippen LogP) is 3.14. The molecule has 2 spiro atoms. The quantitative estimate of drug-likeness (QED) is 0.559. The van der Waals surface area contributed by atoms with E-state index in [1.165, 1.54) is 37.7 Å². The van der Waals surface area contributed by atoms with Crippen LogP contribution in [0.1, 0.15) is 51.4 Å². The largest absolute Gasteiger partial charge is 0.478 e. The molecule has 0 radical (unpaired) electrons. The molecule has 3 fully saturated rings. The van der Waals surface area contributed by atoms with Crippen LogP contribution in [-0.2, 0) is 4.79 Å². The summed E-state index contributed by atoms with van der Waals surface area (Å²) in [5, 5.41) is 9.94. The van der Waals surface area contributed by atoms with Gasteiger partial charge in [-0.3, -0.25) is 4.99 Å². The summed E-state index contributed by atoms with van der Waals surface area (Å²) in [6.07, 6.45) is 13.4. The molecule has 5 nitrogen and oxygen atoms in total. The van der Waals surface area contributed by atoms with Crippen molar-refractivity contribution in [2.24, 2.45) is 39.3 Å². The van der Waals surface area contributed by atoms with Gasteiger partial charge in [0.05, 0.1) is 0 Å². The summed E-state index contributed by atoms with van der Waals surface area (Å²) >= 11 is 0. The van der Waals surface area contributed by atoms with Gasteiger partial charge in [-0.2, -0.15) is 0 Å². The van der Waals surface area contributed by atoms with Crippen molar-refractivity contribution in [1.29, 1.82) is 0 Å². The van der Waals surface area contributed by atoms with Crippen molar-refractivity contribution < 1.29 is 9.90 Å². The second-order valence-electron chi connectivity index (χ2n) is 9.09. The van der Waals surface area contributed by atoms with E-state index in [0.29, 0.717) is 23.7 Å². The van der Waals surface area contributed by atoms with Crippen molar-refractivity contribution in [3.05, 3.63) is 23.4 Å². The molecule has 5 aliphatic rings. The third-order valence-corrected chi connectivity index (χ3v) is 8.63. The van der Waals surface area contributed by atoms with E-state index in [2.05, 4.69) is 22.2 Å². The molecule has 5 atom stereocenters. The summed E-state index contributed by atoms with van der Waals surface area (Å²) in [7, 11) is 1.75. The van der Waals surface area contributed by atoms with Crippen LogP contribution >= 0.6 is 0 Å². The number of carbonyl (C=O) groups is 1. The topological polar surface area (TPSA) is 78.9 Å². The fraction of sp³-hybridized carbons (Fsp3) is 0.714. The van der Waals surface area contributed by atoms with Crippen molar-refractivity contribution in [2.75, 3.05) is 13.6 Å². The SMILES string of the molecule is CN=C(N)N1C=CCC2(C1)C1CCC3CCCC4CC(C(=O)O)=C(C1)C342. The minimum atomic E-state index is -0.664. The van der Waals surface area contributed by atoms with E-state index in [1.54, 1.807) is 7.05 Å². The Balaban J connectivity index is 1.70. The van der Waals surface area contributed by atoms with Gasteiger partial charge >= 0.3 is 5.97 Å². The number of hydrogen-bond donors (Lipinski definition) is 2. The summed E-state index contributed by atoms with van der Waals surface area (Å²) in [5.41, 5.74) is 8.53. The summed E-state index contributed by atoms with van der Waals surface area (Å²) in [6.45, 7) is 0.904. The normalized spacial score (nSPS) is 44.0. The van der Waals surface area contributed by atoms with Crippen LogP contribution in [0.3, 0.4) is 0 Å². The number of carboxylic acid groups (broad SMARTS) is 1. The third kappa shape index (κ3) is 1.72. The summed E-state index contributed by atoms with van der Waals surface area (Å²) < 4.78 is 0. The molecule has 5 unspecified atom stereocenters. The van der Waals surface area contributed by atoms with Crippen LogP contribution in [0.5, 0.6) is 0 Å². The molecule has 26 heavy (non-hydrogen) atoms. The Morgan fingerprint density at radius 1 is 1.23 bits per heavy atom. The molecule has 1 heterocycles. The van der Waals surface area contributed by atoms with Crippen molar-refractivity contribution in [3.8, 4) is 0 Å². The highest BCUT2D eigenvalue weighted by Gasteiger charge is 2.73. The molecule has 2 bridgehead atoms. The molecule has 0 saturated heterocycles. The minimum Gasteiger partial charge on any atom is -0.478 e. The number of allylic oxidation sites excluding steroid dienone is 2. The lowest BCUT2D eigenvalue weighted by Gasteiger charge is -2.62. The Labute approximate surface area is 155 Å². The smallest absolute Gasteiger partial charge is 0.331 e. The molecule has 3 saturated carbocycles. The van der Waals surface area contributed by atoms with Crippen LogP contribution < -0.4 is 5.73 Å². The van der Waals surface area contributed by atoms with Gasteiger partial charge in [-0.15, -0.1) is 0 Å². The zero-order chi connectivity index (χ0) is 18.1. The molecule has 0 amide bonds. The number of nitrogens with two attached hydrogens (primary N) is 1. The van der Waals surface area contributed by atoms with Gasteiger partial charge in [-0.05, 0) is 62.7 Å². The Hall–Kier alpha value is -1.78. The average Bonchev–Trinajstić information content (AvgIpc) is 3.02. The Morgan fingerprint density at radius 3 is 2.77 bits per heavy atom. The van der Waals surface area contributed by atoms with Gasteiger partial charge in [0.25, 0.3) is 0 Å². The first-order valence-electron chi connectivity index (χ1n) is 10.2. The lowest BCUT2D eigenvalue weighted by molar-refractivity contribution is -0.133. The minimum absolute atomic E-state index is 0.0962. The Morgan fingerprint density at radius 2 is 2.00 bits per heavy atom. The maximum atomic E-state index is 12.1. The molecule has 5 rings (SSSR count). The zero-order valence-electron chi connectivity index (χ0n) is 15.6. The number of hydrogen-bond acceptors (Lipinski definition) is 2. The highest BCUT2D eigenvalue weighted by atomic mass is 16.4. The van der Waals surface area contributed by atoms with Crippen LogP contribution in [0.25, 0.3) is 0 Å². The van der Waals surface area contributed by atoms with Crippen molar-refractivity contribution in [2.45, 2.75) is 51.4 Å². The molecule has 0 aromatic carbocycles. The Bertz CT molecular complexity index is 754. The van der Waals surface area contributed by atoms with E-state index in [9.17, 15) is 9.90 Å². The number of rotatable bonds is 1.